The van der Waals surface area contributed by atoms with Gasteiger partial charge in [0.05, 0.1) is 36.8 Å². The van der Waals surface area contributed by atoms with E-state index in [9.17, 15) is 22.2 Å². The van der Waals surface area contributed by atoms with E-state index in [1.807, 2.05) is 0 Å². The number of phosphoric acid groups is 1. The second-order valence-electron chi connectivity index (χ2n) is 9.85. The fourth-order valence-corrected chi connectivity index (χ4v) is 6.14. The Morgan fingerprint density at radius 1 is 1.12 bits per heavy atom. The summed E-state index contributed by atoms with van der Waals surface area (Å²) in [5, 5.41) is 3.01. The van der Waals surface area contributed by atoms with Crippen molar-refractivity contribution in [3.63, 3.8) is 0 Å². The summed E-state index contributed by atoms with van der Waals surface area (Å²) in [7, 11) is -7.27. The number of furan rings is 1. The van der Waals surface area contributed by atoms with Crippen molar-refractivity contribution in [2.75, 3.05) is 30.8 Å². The number of hydrogen-bond acceptors (Lipinski definition) is 8. The van der Waals surface area contributed by atoms with E-state index in [1.165, 1.54) is 37.4 Å². The highest BCUT2D eigenvalue weighted by atomic mass is 32.2. The van der Waals surface area contributed by atoms with Crippen molar-refractivity contribution in [3.8, 4) is 22.8 Å². The maximum absolute atomic E-state index is 13.2. The van der Waals surface area contributed by atoms with Crippen LogP contribution < -0.4 is 14.4 Å². The zero-order valence-corrected chi connectivity index (χ0v) is 24.9. The number of anilines is 1. The van der Waals surface area contributed by atoms with Gasteiger partial charge in [-0.25, -0.2) is 17.4 Å². The van der Waals surface area contributed by atoms with Crippen LogP contribution >= 0.6 is 7.82 Å². The highest BCUT2D eigenvalue weighted by molar-refractivity contribution is 7.92. The Balaban J connectivity index is 1.57. The molecular weight excluding hydrogens is 606 g/mol. The van der Waals surface area contributed by atoms with Crippen molar-refractivity contribution in [2.45, 2.75) is 19.1 Å². The van der Waals surface area contributed by atoms with E-state index in [2.05, 4.69) is 9.84 Å². The van der Waals surface area contributed by atoms with E-state index >= 15 is 0 Å². The third-order valence-corrected chi connectivity index (χ3v) is 8.39. The van der Waals surface area contributed by atoms with Crippen LogP contribution in [0.2, 0.25) is 0 Å². The lowest BCUT2D eigenvalue weighted by Gasteiger charge is -2.24. The lowest BCUT2D eigenvalue weighted by atomic mass is 10.0. The molecule has 228 valence electrons. The van der Waals surface area contributed by atoms with E-state index in [0.29, 0.717) is 28.0 Å². The summed E-state index contributed by atoms with van der Waals surface area (Å²) >= 11 is 0. The number of sulfonamides is 1. The fourth-order valence-electron chi connectivity index (χ4n) is 4.83. The van der Waals surface area contributed by atoms with Crippen molar-refractivity contribution in [2.24, 2.45) is 0 Å². The van der Waals surface area contributed by atoms with Crippen molar-refractivity contribution in [3.05, 3.63) is 77.6 Å². The molecular formula is C28H28FN2O10PS. The molecule has 1 aliphatic rings. The SMILES string of the molecule is CNC(=O)c1c(-c2ccc(Oc3ccc(F)cc3)cc2)oc2cc3c(cc12)[C@H](C)O[C@H](COP(=O)(O)O)CN3S(C)(=O)=O. The largest absolute Gasteiger partial charge is 0.469 e. The third-order valence-electron chi connectivity index (χ3n) is 6.76. The molecule has 0 aliphatic carbocycles. The van der Waals surface area contributed by atoms with Gasteiger partial charge in [0.15, 0.2) is 0 Å². The maximum Gasteiger partial charge on any atom is 0.469 e. The molecule has 3 N–H and O–H groups in total. The number of amides is 1. The van der Waals surface area contributed by atoms with Gasteiger partial charge in [-0.2, -0.15) is 0 Å². The molecule has 0 unspecified atom stereocenters. The monoisotopic (exact) mass is 634 g/mol. The predicted octanol–water partition coefficient (Wildman–Crippen LogP) is 4.73. The summed E-state index contributed by atoms with van der Waals surface area (Å²) in [4.78, 5) is 31.4. The average Bonchev–Trinajstić information content (AvgIpc) is 3.25. The first kappa shape index (κ1) is 30.7. The van der Waals surface area contributed by atoms with E-state index in [1.54, 1.807) is 37.3 Å². The Kier molecular flexibility index (Phi) is 8.36. The Hall–Kier alpha value is -3.78. The van der Waals surface area contributed by atoms with Crippen molar-refractivity contribution >= 4 is 40.4 Å². The summed E-state index contributed by atoms with van der Waals surface area (Å²) in [6.07, 6.45) is -0.771. The normalized spacial score (nSPS) is 17.4. The zero-order valence-electron chi connectivity index (χ0n) is 23.2. The van der Waals surface area contributed by atoms with E-state index in [-0.39, 0.29) is 35.0 Å². The first-order valence-electron chi connectivity index (χ1n) is 12.9. The molecule has 43 heavy (non-hydrogen) atoms. The Bertz CT molecular complexity index is 1820. The zero-order chi connectivity index (χ0) is 31.1. The minimum absolute atomic E-state index is 0.205. The molecule has 2 atom stereocenters. The molecule has 0 bridgehead atoms. The van der Waals surface area contributed by atoms with Crippen molar-refractivity contribution < 1.29 is 50.4 Å². The smallest absolute Gasteiger partial charge is 0.457 e. The van der Waals surface area contributed by atoms with Crippen LogP contribution in [-0.4, -0.2) is 56.7 Å². The van der Waals surface area contributed by atoms with Gasteiger partial charge in [-0.15, -0.1) is 0 Å². The van der Waals surface area contributed by atoms with Crippen LogP contribution in [0.4, 0.5) is 10.1 Å². The average molecular weight is 635 g/mol. The van der Waals surface area contributed by atoms with E-state index in [4.69, 9.17) is 23.7 Å². The first-order valence-corrected chi connectivity index (χ1v) is 16.3. The molecule has 15 heteroatoms. The Morgan fingerprint density at radius 2 is 1.74 bits per heavy atom. The van der Waals surface area contributed by atoms with Crippen molar-refractivity contribution in [1.29, 1.82) is 0 Å². The van der Waals surface area contributed by atoms with Crippen LogP contribution in [-0.2, 0) is 23.8 Å². The van der Waals surface area contributed by atoms with Crippen LogP contribution in [0.5, 0.6) is 11.5 Å². The lowest BCUT2D eigenvalue weighted by Crippen LogP contribution is -2.38. The van der Waals surface area contributed by atoms with Gasteiger partial charge in [-0.1, -0.05) is 0 Å². The number of benzene rings is 3. The topological polar surface area (TPSA) is 165 Å². The molecule has 3 aromatic carbocycles. The maximum atomic E-state index is 13.2. The van der Waals surface area contributed by atoms with Gasteiger partial charge in [0, 0.05) is 29.6 Å². The van der Waals surface area contributed by atoms with Crippen LogP contribution in [0.15, 0.2) is 65.1 Å². The number of halogens is 1. The highest BCUT2D eigenvalue weighted by Gasteiger charge is 2.35. The molecule has 1 aliphatic heterocycles. The number of hydrogen-bond donors (Lipinski definition) is 3. The minimum atomic E-state index is -4.83. The van der Waals surface area contributed by atoms with Gasteiger partial charge in [-0.05, 0) is 61.5 Å². The van der Waals surface area contributed by atoms with Crippen LogP contribution in [0.3, 0.4) is 0 Å². The standard InChI is InChI=1S/C28H28FN2O10PS/c1-16-22-12-23-25(13-24(22)31(43(3,36)37)14-21(39-16)15-38-42(33,34)35)41-27(26(23)28(32)30-2)17-4-8-19(9-5-17)40-20-10-6-18(29)7-11-20/h4-13,16,21H,14-15H2,1-3H3,(H,30,32)(H2,33,34,35)/t16-,21-/m0/s1. The molecule has 2 heterocycles. The summed E-state index contributed by atoms with van der Waals surface area (Å²) in [6, 6.07) is 15.4. The number of ether oxygens (including phenoxy) is 2. The summed E-state index contributed by atoms with van der Waals surface area (Å²) < 4.78 is 73.8. The van der Waals surface area contributed by atoms with Gasteiger partial charge in [0.2, 0.25) is 10.0 Å². The molecule has 0 fully saturated rings. The summed E-state index contributed by atoms with van der Waals surface area (Å²) in [5.74, 6) is 0.297. The van der Waals surface area contributed by atoms with Crippen LogP contribution in [0.25, 0.3) is 22.3 Å². The number of fused-ring (bicyclic) bond motifs is 2. The van der Waals surface area contributed by atoms with Crippen LogP contribution in [0, 0.1) is 5.82 Å². The number of nitrogens with zero attached hydrogens (tertiary/aromatic N) is 1. The van der Waals surface area contributed by atoms with Crippen molar-refractivity contribution in [1.82, 2.24) is 5.32 Å². The molecule has 0 radical (unpaired) electrons. The number of phosphoric ester groups is 1. The molecule has 1 amide bonds. The fraction of sp³-hybridized carbons (Fsp3) is 0.250. The number of nitrogens with one attached hydrogen (secondary N) is 1. The molecule has 5 rings (SSSR count). The minimum Gasteiger partial charge on any atom is -0.457 e. The van der Waals surface area contributed by atoms with Crippen LogP contribution in [0.1, 0.15) is 28.9 Å². The summed E-state index contributed by atoms with van der Waals surface area (Å²) in [6.45, 7) is 0.813. The quantitative estimate of drug-likeness (QED) is 0.231. The molecule has 12 nitrogen and oxygen atoms in total. The molecule has 0 saturated carbocycles. The number of carbonyl (C=O) groups excluding carboxylic acids is 1. The molecule has 1 aromatic heterocycles. The van der Waals surface area contributed by atoms with E-state index < -0.39 is 42.6 Å². The molecule has 0 saturated heterocycles. The second kappa shape index (κ2) is 11.7. The summed E-state index contributed by atoms with van der Waals surface area (Å²) in [5.41, 5.74) is 1.61. The lowest BCUT2D eigenvalue weighted by molar-refractivity contribution is -0.0224. The van der Waals surface area contributed by atoms with Gasteiger partial charge in [0.1, 0.15) is 34.8 Å². The Morgan fingerprint density at radius 3 is 2.33 bits per heavy atom. The second-order valence-corrected chi connectivity index (χ2v) is 13.0. The highest BCUT2D eigenvalue weighted by Crippen LogP contribution is 2.43. The molecule has 0 spiro atoms. The first-order chi connectivity index (χ1) is 20.2. The third kappa shape index (κ3) is 6.74. The predicted molar refractivity (Wildman–Crippen MR) is 155 cm³/mol. The van der Waals surface area contributed by atoms with Gasteiger partial charge >= 0.3 is 7.82 Å². The van der Waals surface area contributed by atoms with E-state index in [0.717, 1.165) is 10.6 Å². The van der Waals surface area contributed by atoms with Gasteiger partial charge < -0.3 is 29.0 Å². The van der Waals surface area contributed by atoms with Gasteiger partial charge in [-0.3, -0.25) is 13.6 Å². The number of carbonyl (C=O) groups is 1. The Labute approximate surface area is 246 Å². The number of rotatable bonds is 8. The molecule has 4 aromatic rings. The van der Waals surface area contributed by atoms with Gasteiger partial charge in [0.25, 0.3) is 5.91 Å².